The Kier molecular flexibility index (Phi) is 11.8. The standard InChI is InChI=1S/C30H37ClO6/c1-3-5-7-9-13-20-34-29(32)36-27-22-16-11-12-17-23(22)28(26-24(27)18-15-19-25(26)31)37-30(33)35-21-14-10-8-6-4-2/h11-12,15-19H,3-10,13-14,20-21H2,1-2H3. The molecule has 0 fully saturated rings. The number of fused-ring (bicyclic) bond motifs is 2. The summed E-state index contributed by atoms with van der Waals surface area (Å²) in [5.74, 6) is 0.574. The fourth-order valence-electron chi connectivity index (χ4n) is 4.27. The van der Waals surface area contributed by atoms with Crippen LogP contribution in [-0.4, -0.2) is 25.5 Å². The van der Waals surface area contributed by atoms with Gasteiger partial charge in [0.15, 0.2) is 11.5 Å². The zero-order valence-corrected chi connectivity index (χ0v) is 22.6. The van der Waals surface area contributed by atoms with E-state index in [1.165, 1.54) is 12.8 Å². The molecule has 3 aromatic rings. The van der Waals surface area contributed by atoms with Crippen molar-refractivity contribution in [2.24, 2.45) is 0 Å². The third-order valence-corrected chi connectivity index (χ3v) is 6.52. The molecule has 200 valence electrons. The zero-order valence-electron chi connectivity index (χ0n) is 21.9. The van der Waals surface area contributed by atoms with E-state index in [1.54, 1.807) is 30.3 Å². The second kappa shape index (κ2) is 15.3. The van der Waals surface area contributed by atoms with Gasteiger partial charge in [0, 0.05) is 21.5 Å². The van der Waals surface area contributed by atoms with Gasteiger partial charge in [0.1, 0.15) is 0 Å². The predicted molar refractivity (Wildman–Crippen MR) is 148 cm³/mol. The van der Waals surface area contributed by atoms with Gasteiger partial charge in [-0.1, -0.05) is 113 Å². The minimum absolute atomic E-state index is 0.267. The first-order valence-electron chi connectivity index (χ1n) is 13.4. The highest BCUT2D eigenvalue weighted by Gasteiger charge is 2.22. The van der Waals surface area contributed by atoms with Gasteiger partial charge >= 0.3 is 12.3 Å². The SMILES string of the molecule is CCCCCCCOC(=O)Oc1c2ccccc2c(OC(=O)OCCCCCCC)c2c(Cl)cccc12. The number of hydrogen-bond donors (Lipinski definition) is 0. The first-order chi connectivity index (χ1) is 18.1. The zero-order chi connectivity index (χ0) is 26.5. The highest BCUT2D eigenvalue weighted by molar-refractivity contribution is 6.37. The molecule has 0 N–H and O–H groups in total. The molecule has 0 bridgehead atoms. The Hall–Kier alpha value is -2.99. The van der Waals surface area contributed by atoms with E-state index in [1.807, 2.05) is 12.1 Å². The topological polar surface area (TPSA) is 71.1 Å². The van der Waals surface area contributed by atoms with Crippen molar-refractivity contribution in [3.8, 4) is 11.5 Å². The molecule has 37 heavy (non-hydrogen) atoms. The summed E-state index contributed by atoms with van der Waals surface area (Å²) in [4.78, 5) is 25.1. The van der Waals surface area contributed by atoms with E-state index in [0.29, 0.717) is 38.9 Å². The number of carbonyl (C=O) groups excluding carboxylic acids is 2. The number of carbonyl (C=O) groups is 2. The molecule has 3 aromatic carbocycles. The van der Waals surface area contributed by atoms with Crippen LogP contribution in [0.3, 0.4) is 0 Å². The molecule has 0 aliphatic rings. The van der Waals surface area contributed by atoms with Gasteiger partial charge < -0.3 is 18.9 Å². The van der Waals surface area contributed by atoms with Crippen molar-refractivity contribution in [3.63, 3.8) is 0 Å². The van der Waals surface area contributed by atoms with Crippen LogP contribution in [0.15, 0.2) is 42.5 Å². The second-order valence-electron chi connectivity index (χ2n) is 9.10. The molecule has 7 heteroatoms. The van der Waals surface area contributed by atoms with E-state index in [2.05, 4.69) is 13.8 Å². The minimum Gasteiger partial charge on any atom is -0.434 e. The lowest BCUT2D eigenvalue weighted by molar-refractivity contribution is 0.0965. The third-order valence-electron chi connectivity index (χ3n) is 6.21. The Morgan fingerprint density at radius 1 is 0.622 bits per heavy atom. The highest BCUT2D eigenvalue weighted by atomic mass is 35.5. The number of hydrogen-bond acceptors (Lipinski definition) is 6. The maximum Gasteiger partial charge on any atom is 0.513 e. The summed E-state index contributed by atoms with van der Waals surface area (Å²) >= 11 is 6.57. The first-order valence-corrected chi connectivity index (χ1v) is 13.8. The second-order valence-corrected chi connectivity index (χ2v) is 9.50. The van der Waals surface area contributed by atoms with Crippen molar-refractivity contribution in [3.05, 3.63) is 47.5 Å². The van der Waals surface area contributed by atoms with E-state index in [0.717, 1.165) is 51.4 Å². The smallest absolute Gasteiger partial charge is 0.434 e. The normalized spacial score (nSPS) is 11.0. The maximum atomic E-state index is 12.6. The lowest BCUT2D eigenvalue weighted by Crippen LogP contribution is -2.14. The Labute approximate surface area is 224 Å². The average molecular weight is 529 g/mol. The molecule has 0 saturated heterocycles. The third kappa shape index (κ3) is 8.26. The molecular formula is C30H37ClO6. The number of benzene rings is 3. The summed E-state index contributed by atoms with van der Waals surface area (Å²) in [5, 5.41) is 2.53. The van der Waals surface area contributed by atoms with E-state index < -0.39 is 12.3 Å². The Bertz CT molecular complexity index is 1180. The number of halogens is 1. The van der Waals surface area contributed by atoms with Crippen molar-refractivity contribution < 1.29 is 28.5 Å². The average Bonchev–Trinajstić information content (AvgIpc) is 2.90. The summed E-state index contributed by atoms with van der Waals surface area (Å²) in [6, 6.07) is 12.4. The quantitative estimate of drug-likeness (QED) is 0.0897. The Morgan fingerprint density at radius 2 is 1.11 bits per heavy atom. The minimum atomic E-state index is -0.794. The summed E-state index contributed by atoms with van der Waals surface area (Å²) in [6.07, 6.45) is 8.88. The molecule has 0 amide bonds. The molecule has 6 nitrogen and oxygen atoms in total. The van der Waals surface area contributed by atoms with Gasteiger partial charge in [-0.2, -0.15) is 0 Å². The van der Waals surface area contributed by atoms with Crippen molar-refractivity contribution in [2.45, 2.75) is 78.1 Å². The molecular weight excluding hydrogens is 492 g/mol. The van der Waals surface area contributed by atoms with E-state index in [4.69, 9.17) is 30.5 Å². The lowest BCUT2D eigenvalue weighted by atomic mass is 10.0. The van der Waals surface area contributed by atoms with E-state index in [-0.39, 0.29) is 12.4 Å². The molecule has 3 rings (SSSR count). The fourth-order valence-corrected chi connectivity index (χ4v) is 4.53. The van der Waals surface area contributed by atoms with Crippen LogP contribution in [0.1, 0.15) is 78.1 Å². The van der Waals surface area contributed by atoms with Gasteiger partial charge in [0.2, 0.25) is 0 Å². The molecule has 0 aliphatic carbocycles. The van der Waals surface area contributed by atoms with Crippen molar-refractivity contribution in [1.82, 2.24) is 0 Å². The van der Waals surface area contributed by atoms with Crippen LogP contribution >= 0.6 is 11.6 Å². The summed E-state index contributed by atoms with van der Waals surface area (Å²) in [7, 11) is 0. The molecule has 0 unspecified atom stereocenters. The molecule has 0 spiro atoms. The van der Waals surface area contributed by atoms with Gasteiger partial charge in [-0.15, -0.1) is 0 Å². The monoisotopic (exact) mass is 528 g/mol. The van der Waals surface area contributed by atoms with Gasteiger partial charge in [-0.25, -0.2) is 9.59 Å². The highest BCUT2D eigenvalue weighted by Crippen LogP contribution is 2.45. The Balaban J connectivity index is 1.81. The van der Waals surface area contributed by atoms with Crippen LogP contribution in [0.2, 0.25) is 5.02 Å². The molecule has 0 saturated carbocycles. The van der Waals surface area contributed by atoms with Crippen molar-refractivity contribution >= 4 is 45.5 Å². The largest absolute Gasteiger partial charge is 0.513 e. The molecule has 0 radical (unpaired) electrons. The number of ether oxygens (including phenoxy) is 4. The predicted octanol–water partition coefficient (Wildman–Crippen LogP) is 9.62. The summed E-state index contributed by atoms with van der Waals surface area (Å²) < 4.78 is 22.1. The van der Waals surface area contributed by atoms with Crippen molar-refractivity contribution in [1.29, 1.82) is 0 Å². The molecule has 0 atom stereocenters. The fraction of sp³-hybridized carbons (Fsp3) is 0.467. The number of rotatable bonds is 14. The van der Waals surface area contributed by atoms with E-state index in [9.17, 15) is 9.59 Å². The van der Waals surface area contributed by atoms with Crippen LogP contribution in [-0.2, 0) is 9.47 Å². The van der Waals surface area contributed by atoms with Gasteiger partial charge in [-0.05, 0) is 18.9 Å². The van der Waals surface area contributed by atoms with E-state index >= 15 is 0 Å². The summed E-state index contributed by atoms with van der Waals surface area (Å²) in [5.41, 5.74) is 0. The molecule has 0 aromatic heterocycles. The van der Waals surface area contributed by atoms with Gasteiger partial charge in [0.25, 0.3) is 0 Å². The molecule has 0 heterocycles. The van der Waals surface area contributed by atoms with Crippen LogP contribution in [0.25, 0.3) is 21.5 Å². The van der Waals surface area contributed by atoms with Crippen LogP contribution in [0.5, 0.6) is 11.5 Å². The lowest BCUT2D eigenvalue weighted by Gasteiger charge is -2.17. The summed E-state index contributed by atoms with van der Waals surface area (Å²) in [6.45, 7) is 4.90. The van der Waals surface area contributed by atoms with Crippen LogP contribution in [0.4, 0.5) is 9.59 Å². The van der Waals surface area contributed by atoms with Gasteiger partial charge in [-0.3, -0.25) is 0 Å². The van der Waals surface area contributed by atoms with Crippen molar-refractivity contribution in [2.75, 3.05) is 13.2 Å². The van der Waals surface area contributed by atoms with Gasteiger partial charge in [0.05, 0.1) is 18.2 Å². The Morgan fingerprint density at radius 3 is 1.68 bits per heavy atom. The molecule has 0 aliphatic heterocycles. The first kappa shape index (κ1) is 28.6. The number of unbranched alkanes of at least 4 members (excludes halogenated alkanes) is 8. The van der Waals surface area contributed by atoms with Crippen LogP contribution in [0, 0.1) is 0 Å². The van der Waals surface area contributed by atoms with Crippen LogP contribution < -0.4 is 9.47 Å². The maximum absolute atomic E-state index is 12.6.